The van der Waals surface area contributed by atoms with E-state index in [4.69, 9.17) is 5.11 Å². The molecule has 0 aromatic carbocycles. The monoisotopic (exact) mass is 186 g/mol. The Balaban J connectivity index is 3.07. The molecule has 0 aliphatic carbocycles. The molecule has 0 radical (unpaired) electrons. The van der Waals surface area contributed by atoms with Crippen molar-refractivity contribution >= 4 is 23.6 Å². The van der Waals surface area contributed by atoms with E-state index < -0.39 is 5.97 Å². The minimum Gasteiger partial charge on any atom is -0.506 e. The molecule has 12 heavy (non-hydrogen) atoms. The largest absolute Gasteiger partial charge is 0.506 e. The lowest BCUT2D eigenvalue weighted by molar-refractivity contribution is 0.0603. The van der Waals surface area contributed by atoms with Crippen molar-refractivity contribution in [1.29, 1.82) is 0 Å². The van der Waals surface area contributed by atoms with Crippen LogP contribution in [-0.2, 0) is 4.74 Å². The van der Waals surface area contributed by atoms with Gasteiger partial charge in [0.2, 0.25) is 0 Å². The highest BCUT2D eigenvalue weighted by atomic mass is 32.1. The molecule has 0 saturated carbocycles. The van der Waals surface area contributed by atoms with Gasteiger partial charge in [0, 0.05) is 6.07 Å². The van der Waals surface area contributed by atoms with E-state index in [-0.39, 0.29) is 10.6 Å². The Labute approximate surface area is 72.4 Å². The molecule has 1 N–H and O–H groups in total. The Morgan fingerprint density at radius 3 is 2.83 bits per heavy atom. The summed E-state index contributed by atoms with van der Waals surface area (Å²) >= 11 is 0.900. The summed E-state index contributed by atoms with van der Waals surface area (Å²) in [4.78, 5) is 21.5. The highest BCUT2D eigenvalue weighted by Crippen LogP contribution is 2.27. The van der Waals surface area contributed by atoms with Crippen LogP contribution in [0.25, 0.3) is 0 Å². The van der Waals surface area contributed by atoms with Gasteiger partial charge in [-0.3, -0.25) is 4.79 Å². The molecule has 0 fully saturated rings. The summed E-state index contributed by atoms with van der Waals surface area (Å²) in [5, 5.41) is 9.11. The maximum absolute atomic E-state index is 10.9. The number of hydrogen-bond donors (Lipinski definition) is 1. The number of carbonyl (C=O) groups excluding carboxylic acids is 2. The third-order valence-corrected chi connectivity index (χ3v) is 2.25. The second-order valence-electron chi connectivity index (χ2n) is 1.97. The van der Waals surface area contributed by atoms with Crippen LogP contribution in [0.4, 0.5) is 0 Å². The van der Waals surface area contributed by atoms with E-state index in [9.17, 15) is 9.59 Å². The first kappa shape index (κ1) is 8.73. The van der Waals surface area contributed by atoms with Crippen molar-refractivity contribution in [2.45, 2.75) is 0 Å². The molecule has 0 amide bonds. The summed E-state index contributed by atoms with van der Waals surface area (Å²) in [6.45, 7) is 0. The quantitative estimate of drug-likeness (QED) is 0.554. The molecule has 0 bridgehead atoms. The van der Waals surface area contributed by atoms with E-state index in [0.717, 1.165) is 11.3 Å². The van der Waals surface area contributed by atoms with Crippen LogP contribution in [0.1, 0.15) is 19.3 Å². The molecule has 0 aliphatic heterocycles. The van der Waals surface area contributed by atoms with Gasteiger partial charge in [-0.15, -0.1) is 11.3 Å². The Morgan fingerprint density at radius 2 is 2.42 bits per heavy atom. The second kappa shape index (κ2) is 3.36. The van der Waals surface area contributed by atoms with Gasteiger partial charge in [0.15, 0.2) is 11.2 Å². The Morgan fingerprint density at radius 1 is 1.75 bits per heavy atom. The third-order valence-electron chi connectivity index (χ3n) is 1.22. The van der Waals surface area contributed by atoms with Crippen molar-refractivity contribution in [3.8, 4) is 5.75 Å². The van der Waals surface area contributed by atoms with Crippen LogP contribution in [0.2, 0.25) is 0 Å². The lowest BCUT2D eigenvalue weighted by Crippen LogP contribution is -1.97. The van der Waals surface area contributed by atoms with Crippen LogP contribution in [0, 0.1) is 0 Å². The minimum absolute atomic E-state index is 0.0552. The second-order valence-corrected chi connectivity index (χ2v) is 3.06. The fourth-order valence-corrected chi connectivity index (χ4v) is 1.48. The highest BCUT2D eigenvalue weighted by molar-refractivity contribution is 7.15. The Bertz CT molecular complexity index is 315. The van der Waals surface area contributed by atoms with Gasteiger partial charge in [-0.05, 0) is 0 Å². The Kier molecular flexibility index (Phi) is 2.44. The lowest BCUT2D eigenvalue weighted by Gasteiger charge is -1.93. The zero-order valence-corrected chi connectivity index (χ0v) is 7.05. The normalized spacial score (nSPS) is 9.42. The molecule has 4 nitrogen and oxygen atoms in total. The van der Waals surface area contributed by atoms with Gasteiger partial charge < -0.3 is 9.84 Å². The molecule has 0 spiro atoms. The molecule has 64 valence electrons. The van der Waals surface area contributed by atoms with Gasteiger partial charge in [0.25, 0.3) is 0 Å². The van der Waals surface area contributed by atoms with Gasteiger partial charge in [0.1, 0.15) is 5.75 Å². The molecular formula is C7H6O4S. The fraction of sp³-hybridized carbons (Fsp3) is 0.143. The maximum Gasteiger partial charge on any atom is 0.351 e. The fourth-order valence-electron chi connectivity index (χ4n) is 0.697. The summed E-state index contributed by atoms with van der Waals surface area (Å²) in [7, 11) is 1.21. The number of esters is 1. The van der Waals surface area contributed by atoms with Crippen LogP contribution in [-0.4, -0.2) is 24.5 Å². The first-order chi connectivity index (χ1) is 5.69. The number of carbonyl (C=O) groups is 2. The van der Waals surface area contributed by atoms with Crippen molar-refractivity contribution in [1.82, 2.24) is 0 Å². The van der Waals surface area contributed by atoms with Gasteiger partial charge >= 0.3 is 5.97 Å². The van der Waals surface area contributed by atoms with Crippen LogP contribution in [0.5, 0.6) is 5.75 Å². The minimum atomic E-state index is -0.634. The summed E-state index contributed by atoms with van der Waals surface area (Å²) in [6, 6.07) is 1.23. The smallest absolute Gasteiger partial charge is 0.351 e. The summed E-state index contributed by atoms with van der Waals surface area (Å²) in [6.07, 6.45) is 0.566. The number of methoxy groups -OCH3 is 1. The maximum atomic E-state index is 10.9. The number of aldehydes is 1. The van der Waals surface area contributed by atoms with Gasteiger partial charge in [0.05, 0.1) is 12.0 Å². The number of ether oxygens (including phenoxy) is 1. The summed E-state index contributed by atoms with van der Waals surface area (Å²) in [5.41, 5.74) is 0. The van der Waals surface area contributed by atoms with Crippen molar-refractivity contribution in [2.75, 3.05) is 7.11 Å². The number of rotatable bonds is 2. The zero-order chi connectivity index (χ0) is 9.14. The molecule has 0 unspecified atom stereocenters. The molecule has 1 rings (SSSR count). The molecular weight excluding hydrogens is 180 g/mol. The average molecular weight is 186 g/mol. The molecule has 1 aromatic rings. The van der Waals surface area contributed by atoms with Gasteiger partial charge in [-0.1, -0.05) is 0 Å². The molecule has 0 atom stereocenters. The van der Waals surface area contributed by atoms with E-state index in [2.05, 4.69) is 4.74 Å². The molecule has 0 aliphatic rings. The highest BCUT2D eigenvalue weighted by Gasteiger charge is 2.15. The average Bonchev–Trinajstić information content (AvgIpc) is 2.45. The van der Waals surface area contributed by atoms with Crippen molar-refractivity contribution in [2.24, 2.45) is 0 Å². The van der Waals surface area contributed by atoms with Crippen LogP contribution >= 0.6 is 11.3 Å². The van der Waals surface area contributed by atoms with Crippen LogP contribution in [0.3, 0.4) is 0 Å². The van der Waals surface area contributed by atoms with Crippen LogP contribution < -0.4 is 0 Å². The van der Waals surface area contributed by atoms with Gasteiger partial charge in [-0.2, -0.15) is 0 Å². The van der Waals surface area contributed by atoms with Crippen molar-refractivity contribution in [3.63, 3.8) is 0 Å². The van der Waals surface area contributed by atoms with E-state index in [1.807, 2.05) is 0 Å². The topological polar surface area (TPSA) is 63.6 Å². The van der Waals surface area contributed by atoms with E-state index in [1.165, 1.54) is 13.2 Å². The SMILES string of the molecule is COC(=O)c1sc(C=O)cc1O. The standard InChI is InChI=1S/C7H6O4S/c1-11-7(10)6-5(9)2-4(3-8)12-6/h2-3,9H,1H3. The predicted molar refractivity (Wildman–Crippen MR) is 42.7 cm³/mol. The lowest BCUT2D eigenvalue weighted by atomic mass is 10.4. The number of aromatic hydroxyl groups is 1. The molecule has 1 heterocycles. The molecule has 1 aromatic heterocycles. The zero-order valence-electron chi connectivity index (χ0n) is 6.23. The third kappa shape index (κ3) is 1.45. The molecule has 5 heteroatoms. The van der Waals surface area contributed by atoms with Crippen LogP contribution in [0.15, 0.2) is 6.07 Å². The summed E-state index contributed by atoms with van der Waals surface area (Å²) < 4.78 is 4.37. The van der Waals surface area contributed by atoms with E-state index in [1.54, 1.807) is 0 Å². The predicted octanol–water partition coefficient (Wildman–Crippen LogP) is 1.05. The number of hydrogen-bond acceptors (Lipinski definition) is 5. The van der Waals surface area contributed by atoms with Crippen molar-refractivity contribution < 1.29 is 19.4 Å². The van der Waals surface area contributed by atoms with Gasteiger partial charge in [-0.25, -0.2) is 4.79 Å². The van der Waals surface area contributed by atoms with E-state index in [0.29, 0.717) is 11.2 Å². The molecule has 0 saturated heterocycles. The first-order valence-electron chi connectivity index (χ1n) is 3.05. The first-order valence-corrected chi connectivity index (χ1v) is 3.87. The Hall–Kier alpha value is -1.36. The number of thiophene rings is 1. The van der Waals surface area contributed by atoms with E-state index >= 15 is 0 Å². The summed E-state index contributed by atoms with van der Waals surface area (Å²) in [5.74, 6) is -0.848. The van der Waals surface area contributed by atoms with Crippen molar-refractivity contribution in [3.05, 3.63) is 15.8 Å².